The molecule has 0 aromatic carbocycles. The van der Waals surface area contributed by atoms with Crippen LogP contribution in [0.2, 0.25) is 0 Å². The molecule has 0 aliphatic rings. The Bertz CT molecular complexity index is 178. The van der Waals surface area contributed by atoms with E-state index in [1.165, 1.54) is 0 Å². The summed E-state index contributed by atoms with van der Waals surface area (Å²) in [6.45, 7) is 0. The number of hydrogen-bond donors (Lipinski definition) is 1. The zero-order chi connectivity index (χ0) is 5.11. The average Bonchev–Trinajstić information content (AvgIpc) is 1.69. The molecule has 36 valence electrons. The van der Waals surface area contributed by atoms with Gasteiger partial charge in [0.25, 0.3) is 0 Å². The summed E-state index contributed by atoms with van der Waals surface area (Å²) in [6, 6.07) is 5.64. The quantitative estimate of drug-likeness (QED) is 0.346. The number of H-pyrrole nitrogens is 1. The van der Waals surface area contributed by atoms with Crippen molar-refractivity contribution < 1.29 is 29.6 Å². The molecule has 0 atom stereocenters. The molecule has 0 bridgehead atoms. The number of pyridine rings is 1. The Balaban J connectivity index is 0.000000490. The van der Waals surface area contributed by atoms with Crippen molar-refractivity contribution in [2.24, 2.45) is 0 Å². The molecule has 0 fully saturated rings. The van der Waals surface area contributed by atoms with Gasteiger partial charge in [0.2, 0.25) is 0 Å². The van der Waals surface area contributed by atoms with Crippen molar-refractivity contribution in [3.8, 4) is 0 Å². The molecule has 0 saturated carbocycles. The van der Waals surface area contributed by atoms with Crippen LogP contribution in [-0.4, -0.2) is 4.98 Å². The number of hydrogen-bond acceptors (Lipinski definition) is 1. The summed E-state index contributed by atoms with van der Waals surface area (Å²) < 4.78 is 0.780. The van der Waals surface area contributed by atoms with E-state index in [0.717, 1.165) is 4.64 Å². The molecule has 0 spiro atoms. The molecule has 0 amide bonds. The molecular formula is C5H5NNaS+. The first-order valence-electron chi connectivity index (χ1n) is 2.03. The van der Waals surface area contributed by atoms with Crippen LogP contribution in [0.3, 0.4) is 0 Å². The van der Waals surface area contributed by atoms with Crippen molar-refractivity contribution in [3.05, 3.63) is 29.0 Å². The fourth-order valence-electron chi connectivity index (χ4n) is 0.377. The van der Waals surface area contributed by atoms with Gasteiger partial charge in [0.15, 0.2) is 0 Å². The molecule has 0 radical (unpaired) electrons. The largest absolute Gasteiger partial charge is 1.00 e. The first-order valence-corrected chi connectivity index (χ1v) is 2.44. The molecule has 1 heterocycles. The maximum Gasteiger partial charge on any atom is 1.00 e. The van der Waals surface area contributed by atoms with E-state index in [1.807, 2.05) is 24.4 Å². The average molecular weight is 134 g/mol. The Morgan fingerprint density at radius 3 is 2.38 bits per heavy atom. The van der Waals surface area contributed by atoms with E-state index in [4.69, 9.17) is 12.2 Å². The molecule has 1 aromatic rings. The Kier molecular flexibility index (Phi) is 4.47. The zero-order valence-electron chi connectivity index (χ0n) is 4.72. The first-order chi connectivity index (χ1) is 3.39. The van der Waals surface area contributed by atoms with Gasteiger partial charge in [-0.15, -0.1) is 0 Å². The Labute approximate surface area is 75.4 Å². The van der Waals surface area contributed by atoms with E-state index in [2.05, 4.69) is 4.98 Å². The van der Waals surface area contributed by atoms with E-state index >= 15 is 0 Å². The molecule has 1 aromatic heterocycles. The third-order valence-corrected chi connectivity index (χ3v) is 0.934. The van der Waals surface area contributed by atoms with Gasteiger partial charge in [0.05, 0.1) is 0 Å². The Morgan fingerprint density at radius 2 is 2.12 bits per heavy atom. The maximum atomic E-state index is 4.76. The normalized spacial score (nSPS) is 7.50. The fraction of sp³-hybridized carbons (Fsp3) is 0. The van der Waals surface area contributed by atoms with Crippen LogP contribution in [-0.2, 0) is 0 Å². The summed E-state index contributed by atoms with van der Waals surface area (Å²) in [5.41, 5.74) is 0. The summed E-state index contributed by atoms with van der Waals surface area (Å²) in [5.74, 6) is 0. The minimum absolute atomic E-state index is 0. The van der Waals surface area contributed by atoms with Crippen LogP contribution in [0.4, 0.5) is 0 Å². The van der Waals surface area contributed by atoms with E-state index in [0.29, 0.717) is 0 Å². The van der Waals surface area contributed by atoms with Crippen molar-refractivity contribution in [3.63, 3.8) is 0 Å². The number of aromatic nitrogens is 1. The number of rotatable bonds is 0. The molecule has 1 rings (SSSR count). The van der Waals surface area contributed by atoms with Crippen LogP contribution in [0.5, 0.6) is 0 Å². The van der Waals surface area contributed by atoms with Crippen LogP contribution < -0.4 is 29.6 Å². The Morgan fingerprint density at radius 1 is 1.38 bits per heavy atom. The molecule has 3 heteroatoms. The van der Waals surface area contributed by atoms with Crippen molar-refractivity contribution in [1.82, 2.24) is 4.98 Å². The Hall–Kier alpha value is 0.370. The van der Waals surface area contributed by atoms with Gasteiger partial charge >= 0.3 is 29.6 Å². The SMILES string of the molecule is S=c1cccc[nH]1.[Na+]. The molecule has 1 nitrogen and oxygen atoms in total. The summed E-state index contributed by atoms with van der Waals surface area (Å²) in [6.07, 6.45) is 1.81. The maximum absolute atomic E-state index is 4.76. The van der Waals surface area contributed by atoms with Crippen LogP contribution in [0.15, 0.2) is 24.4 Å². The zero-order valence-corrected chi connectivity index (χ0v) is 7.53. The van der Waals surface area contributed by atoms with Crippen LogP contribution >= 0.6 is 12.2 Å². The van der Waals surface area contributed by atoms with Crippen molar-refractivity contribution in [2.75, 3.05) is 0 Å². The topological polar surface area (TPSA) is 15.8 Å². The van der Waals surface area contributed by atoms with Gasteiger partial charge in [0.1, 0.15) is 4.64 Å². The summed E-state index contributed by atoms with van der Waals surface area (Å²) in [7, 11) is 0. The number of aromatic amines is 1. The molecule has 0 aliphatic carbocycles. The molecular weight excluding hydrogens is 129 g/mol. The van der Waals surface area contributed by atoms with Gasteiger partial charge in [-0.25, -0.2) is 0 Å². The summed E-state index contributed by atoms with van der Waals surface area (Å²) >= 11 is 4.76. The predicted octanol–water partition coefficient (Wildman–Crippen LogP) is -1.25. The van der Waals surface area contributed by atoms with Crippen LogP contribution in [0.25, 0.3) is 0 Å². The smallest absolute Gasteiger partial charge is 0.353 e. The second kappa shape index (κ2) is 4.27. The van der Waals surface area contributed by atoms with Gasteiger partial charge in [-0.1, -0.05) is 18.3 Å². The molecule has 8 heavy (non-hydrogen) atoms. The standard InChI is InChI=1S/C5H5NS.Na/c7-5-3-1-2-4-6-5;/h1-4H,(H,6,7);/q;+1. The summed E-state index contributed by atoms with van der Waals surface area (Å²) in [5, 5.41) is 0. The van der Waals surface area contributed by atoms with Gasteiger partial charge in [-0.3, -0.25) is 0 Å². The van der Waals surface area contributed by atoms with Gasteiger partial charge < -0.3 is 4.98 Å². The van der Waals surface area contributed by atoms with Gasteiger partial charge in [-0.2, -0.15) is 0 Å². The second-order valence-electron chi connectivity index (χ2n) is 1.23. The van der Waals surface area contributed by atoms with E-state index < -0.39 is 0 Å². The minimum atomic E-state index is 0. The second-order valence-corrected chi connectivity index (χ2v) is 1.67. The van der Waals surface area contributed by atoms with Crippen LogP contribution in [0.1, 0.15) is 0 Å². The number of nitrogens with one attached hydrogen (secondary N) is 1. The summed E-state index contributed by atoms with van der Waals surface area (Å²) in [4.78, 5) is 2.85. The van der Waals surface area contributed by atoms with E-state index in [-0.39, 0.29) is 29.6 Å². The molecule has 0 unspecified atom stereocenters. The fourth-order valence-corrected chi connectivity index (χ4v) is 0.523. The van der Waals surface area contributed by atoms with E-state index in [9.17, 15) is 0 Å². The third-order valence-electron chi connectivity index (χ3n) is 0.681. The molecule has 0 aliphatic heterocycles. The van der Waals surface area contributed by atoms with Crippen LogP contribution in [0, 0.1) is 4.64 Å². The third kappa shape index (κ3) is 2.62. The molecule has 0 saturated heterocycles. The monoisotopic (exact) mass is 134 g/mol. The molecule has 1 N–H and O–H groups in total. The van der Waals surface area contributed by atoms with E-state index in [1.54, 1.807) is 0 Å². The van der Waals surface area contributed by atoms with Crippen molar-refractivity contribution >= 4 is 12.2 Å². The van der Waals surface area contributed by atoms with Crippen molar-refractivity contribution in [2.45, 2.75) is 0 Å². The van der Waals surface area contributed by atoms with Gasteiger partial charge in [-0.05, 0) is 12.1 Å². The minimum Gasteiger partial charge on any atom is -0.353 e. The van der Waals surface area contributed by atoms with Gasteiger partial charge in [0, 0.05) is 6.20 Å². The first kappa shape index (κ1) is 8.37. The van der Waals surface area contributed by atoms with Crippen molar-refractivity contribution in [1.29, 1.82) is 0 Å². The predicted molar refractivity (Wildman–Crippen MR) is 31.6 cm³/mol.